The Balaban J connectivity index is 1.85. The Morgan fingerprint density at radius 2 is 1.58 bits per heavy atom. The second-order valence-electron chi connectivity index (χ2n) is 5.64. The molecule has 0 unspecified atom stereocenters. The molecule has 0 aliphatic carbocycles. The third-order valence-corrected chi connectivity index (χ3v) is 4.35. The fourth-order valence-electron chi connectivity index (χ4n) is 2.81. The van der Waals surface area contributed by atoms with Gasteiger partial charge < -0.3 is 9.97 Å². The maximum absolute atomic E-state index is 12.8. The van der Waals surface area contributed by atoms with Crippen LogP contribution in [0.15, 0.2) is 71.5 Å². The third-order valence-electron chi connectivity index (χ3n) is 4.03. The van der Waals surface area contributed by atoms with Gasteiger partial charge in [-0.1, -0.05) is 60.7 Å². The highest BCUT2D eigenvalue weighted by Gasteiger charge is 2.10. The minimum Gasteiger partial charge on any atom is -0.349 e. The van der Waals surface area contributed by atoms with E-state index in [0.29, 0.717) is 16.8 Å². The van der Waals surface area contributed by atoms with E-state index in [1.54, 1.807) is 4.57 Å². The Labute approximate surface area is 143 Å². The summed E-state index contributed by atoms with van der Waals surface area (Å²) in [6.45, 7) is 0.449. The monoisotopic (exact) mass is 333 g/mol. The Morgan fingerprint density at radius 1 is 0.917 bits per heavy atom. The van der Waals surface area contributed by atoms with Crippen LogP contribution in [0.2, 0.25) is 0 Å². The number of aromatic nitrogens is 3. The van der Waals surface area contributed by atoms with Crippen LogP contribution in [0, 0.1) is 4.77 Å². The molecule has 2 aromatic carbocycles. The van der Waals surface area contributed by atoms with Crippen molar-refractivity contribution in [1.29, 1.82) is 0 Å². The van der Waals surface area contributed by atoms with Gasteiger partial charge in [0.25, 0.3) is 5.56 Å². The van der Waals surface area contributed by atoms with Gasteiger partial charge in [0.2, 0.25) is 0 Å². The summed E-state index contributed by atoms with van der Waals surface area (Å²) in [5.74, 6) is 0. The van der Waals surface area contributed by atoms with Crippen molar-refractivity contribution in [2.24, 2.45) is 0 Å². The molecule has 4 nitrogen and oxygen atoms in total. The minimum atomic E-state index is -0.111. The fraction of sp³-hybridized carbons (Fsp3) is 0.0526. The van der Waals surface area contributed by atoms with Crippen LogP contribution in [0.5, 0.6) is 0 Å². The second kappa shape index (κ2) is 5.94. The number of rotatable bonds is 3. The van der Waals surface area contributed by atoms with Crippen LogP contribution in [0.1, 0.15) is 5.56 Å². The first-order chi connectivity index (χ1) is 11.7. The molecule has 0 atom stereocenters. The standard InChI is InChI=1S/C19H15N3OS/c23-18-17-16(11-15(20-17)14-9-5-2-6-10-14)21-19(24)22(18)12-13-7-3-1-4-8-13/h1-11,20H,12H2,(H,21,24). The van der Waals surface area contributed by atoms with Crippen LogP contribution in [-0.4, -0.2) is 14.5 Å². The minimum absolute atomic E-state index is 0.111. The lowest BCUT2D eigenvalue weighted by molar-refractivity contribution is 0.733. The van der Waals surface area contributed by atoms with Crippen molar-refractivity contribution in [3.8, 4) is 11.3 Å². The Morgan fingerprint density at radius 3 is 2.29 bits per heavy atom. The first-order valence-corrected chi connectivity index (χ1v) is 8.08. The predicted octanol–water partition coefficient (Wildman–Crippen LogP) is 4.10. The molecule has 4 aromatic rings. The zero-order valence-electron chi connectivity index (χ0n) is 12.8. The van der Waals surface area contributed by atoms with Gasteiger partial charge in [0.1, 0.15) is 5.52 Å². The SMILES string of the molecule is O=c1c2[nH]c(-c3ccccc3)cc2[nH]c(=S)n1Cc1ccccc1. The smallest absolute Gasteiger partial charge is 0.278 e. The number of nitrogens with one attached hydrogen (secondary N) is 2. The normalized spacial score (nSPS) is 11.0. The summed E-state index contributed by atoms with van der Waals surface area (Å²) in [5, 5.41) is 0. The molecule has 118 valence electrons. The van der Waals surface area contributed by atoms with Crippen LogP contribution >= 0.6 is 12.2 Å². The average Bonchev–Trinajstić information content (AvgIpc) is 3.04. The number of hydrogen-bond acceptors (Lipinski definition) is 2. The summed E-state index contributed by atoms with van der Waals surface area (Å²) < 4.78 is 2.01. The maximum atomic E-state index is 12.8. The molecular formula is C19H15N3OS. The molecule has 2 heterocycles. The predicted molar refractivity (Wildman–Crippen MR) is 98.7 cm³/mol. The van der Waals surface area contributed by atoms with Gasteiger partial charge in [0.15, 0.2) is 4.77 Å². The van der Waals surface area contributed by atoms with Gasteiger partial charge in [-0.15, -0.1) is 0 Å². The summed E-state index contributed by atoms with van der Waals surface area (Å²) in [6, 6.07) is 21.7. The van der Waals surface area contributed by atoms with Crippen LogP contribution in [0.25, 0.3) is 22.3 Å². The highest BCUT2D eigenvalue weighted by Crippen LogP contribution is 2.21. The summed E-state index contributed by atoms with van der Waals surface area (Å²) in [6.07, 6.45) is 0. The summed E-state index contributed by atoms with van der Waals surface area (Å²) in [4.78, 5) is 19.2. The molecule has 4 rings (SSSR count). The van der Waals surface area contributed by atoms with Crippen molar-refractivity contribution in [3.63, 3.8) is 0 Å². The van der Waals surface area contributed by atoms with E-state index in [1.165, 1.54) is 0 Å². The molecule has 0 amide bonds. The van der Waals surface area contributed by atoms with E-state index in [2.05, 4.69) is 9.97 Å². The fourth-order valence-corrected chi connectivity index (χ4v) is 3.07. The highest BCUT2D eigenvalue weighted by atomic mass is 32.1. The van der Waals surface area contributed by atoms with Crippen molar-refractivity contribution in [2.75, 3.05) is 0 Å². The Bertz CT molecular complexity index is 1110. The number of H-pyrrole nitrogens is 2. The van der Waals surface area contributed by atoms with Gasteiger partial charge in [0.05, 0.1) is 12.1 Å². The average molecular weight is 333 g/mol. The zero-order valence-corrected chi connectivity index (χ0v) is 13.6. The van der Waals surface area contributed by atoms with Gasteiger partial charge in [0, 0.05) is 5.69 Å². The number of aromatic amines is 2. The van der Waals surface area contributed by atoms with Gasteiger partial charge in [-0.2, -0.15) is 0 Å². The molecule has 0 spiro atoms. The summed E-state index contributed by atoms with van der Waals surface area (Å²) >= 11 is 5.39. The molecule has 0 radical (unpaired) electrons. The van der Waals surface area contributed by atoms with E-state index >= 15 is 0 Å². The Hall–Kier alpha value is -2.92. The number of benzene rings is 2. The largest absolute Gasteiger partial charge is 0.349 e. The number of fused-ring (bicyclic) bond motifs is 1. The quantitative estimate of drug-likeness (QED) is 0.555. The first-order valence-electron chi connectivity index (χ1n) is 7.67. The van der Waals surface area contributed by atoms with Crippen LogP contribution in [-0.2, 0) is 6.54 Å². The van der Waals surface area contributed by atoms with Crippen molar-refractivity contribution < 1.29 is 0 Å². The molecular weight excluding hydrogens is 318 g/mol. The summed E-state index contributed by atoms with van der Waals surface area (Å²) in [5.41, 5.74) is 4.12. The van der Waals surface area contributed by atoms with E-state index in [0.717, 1.165) is 22.3 Å². The maximum Gasteiger partial charge on any atom is 0.278 e. The van der Waals surface area contributed by atoms with Gasteiger partial charge in [-0.05, 0) is 29.4 Å². The molecule has 0 aliphatic rings. The highest BCUT2D eigenvalue weighted by molar-refractivity contribution is 7.71. The lowest BCUT2D eigenvalue weighted by Crippen LogP contribution is -2.22. The molecule has 0 saturated carbocycles. The first kappa shape index (κ1) is 14.7. The van der Waals surface area contributed by atoms with E-state index in [4.69, 9.17) is 12.2 Å². The van der Waals surface area contributed by atoms with E-state index < -0.39 is 0 Å². The van der Waals surface area contributed by atoms with E-state index in [1.807, 2.05) is 66.7 Å². The van der Waals surface area contributed by atoms with Crippen LogP contribution < -0.4 is 5.56 Å². The lowest BCUT2D eigenvalue weighted by atomic mass is 10.2. The third kappa shape index (κ3) is 2.59. The topological polar surface area (TPSA) is 53.6 Å². The molecule has 24 heavy (non-hydrogen) atoms. The van der Waals surface area contributed by atoms with Crippen molar-refractivity contribution in [2.45, 2.75) is 6.54 Å². The molecule has 5 heteroatoms. The summed E-state index contributed by atoms with van der Waals surface area (Å²) in [7, 11) is 0. The van der Waals surface area contributed by atoms with E-state index in [-0.39, 0.29) is 5.56 Å². The molecule has 2 aromatic heterocycles. The van der Waals surface area contributed by atoms with Crippen LogP contribution in [0.4, 0.5) is 0 Å². The van der Waals surface area contributed by atoms with Crippen molar-refractivity contribution in [3.05, 3.63) is 87.4 Å². The molecule has 0 bridgehead atoms. The van der Waals surface area contributed by atoms with Gasteiger partial charge in [-0.25, -0.2) is 0 Å². The molecule has 0 saturated heterocycles. The lowest BCUT2D eigenvalue weighted by Gasteiger charge is -2.06. The molecule has 0 aliphatic heterocycles. The van der Waals surface area contributed by atoms with Crippen molar-refractivity contribution in [1.82, 2.24) is 14.5 Å². The molecule has 0 fully saturated rings. The number of hydrogen-bond donors (Lipinski definition) is 2. The number of nitrogens with zero attached hydrogens (tertiary/aromatic N) is 1. The van der Waals surface area contributed by atoms with Gasteiger partial charge >= 0.3 is 0 Å². The van der Waals surface area contributed by atoms with Crippen LogP contribution in [0.3, 0.4) is 0 Å². The molecule has 2 N–H and O–H groups in total. The van der Waals surface area contributed by atoms with Gasteiger partial charge in [-0.3, -0.25) is 9.36 Å². The zero-order chi connectivity index (χ0) is 16.5. The van der Waals surface area contributed by atoms with E-state index in [9.17, 15) is 4.79 Å². The van der Waals surface area contributed by atoms with Crippen molar-refractivity contribution >= 4 is 23.3 Å². The second-order valence-corrected chi connectivity index (χ2v) is 6.03. The Kier molecular flexibility index (Phi) is 3.63.